The van der Waals surface area contributed by atoms with E-state index in [0.717, 1.165) is 0 Å². The molecule has 0 aliphatic heterocycles. The maximum atomic E-state index is 9.74. The van der Waals surface area contributed by atoms with Crippen molar-refractivity contribution in [2.45, 2.75) is 0 Å². The van der Waals surface area contributed by atoms with E-state index in [1.54, 1.807) is 0 Å². The third kappa shape index (κ3) is 12.5. The zero-order chi connectivity index (χ0) is 6.41. The molecule has 10 heavy (non-hydrogen) atoms. The summed E-state index contributed by atoms with van der Waals surface area (Å²) in [5, 5.41) is 0. The number of ether oxygens (including phenoxy) is 2. The van der Waals surface area contributed by atoms with Crippen molar-refractivity contribution in [1.29, 1.82) is 0 Å². The molecule has 5 nitrogen and oxygen atoms in total. The Kier molecular flexibility index (Phi) is 24.0. The zero-order valence-electron chi connectivity index (χ0n) is 3.70. The molecule has 0 fully saturated rings. The third-order valence-corrected chi connectivity index (χ3v) is 0.289. The molecule has 0 aromatic heterocycles. The van der Waals surface area contributed by atoms with E-state index in [1.165, 1.54) is 0 Å². The van der Waals surface area contributed by atoms with Gasteiger partial charge in [-0.1, -0.05) is 0 Å². The van der Waals surface area contributed by atoms with Crippen LogP contribution >= 0.6 is 0 Å². The van der Waals surface area contributed by atoms with Crippen LogP contribution in [0.4, 0.5) is 4.79 Å². The number of hydrogen-bond acceptors (Lipinski definition) is 5. The van der Waals surface area contributed by atoms with Crippen LogP contribution < -0.4 is 0 Å². The van der Waals surface area contributed by atoms with E-state index in [1.807, 2.05) is 0 Å². The summed E-state index contributed by atoms with van der Waals surface area (Å²) in [6, 6.07) is 0. The second-order valence-corrected chi connectivity index (χ2v) is 0.678. The van der Waals surface area contributed by atoms with Gasteiger partial charge in [0.05, 0.1) is 0 Å². The Bertz CT molecular complexity index is 101. The summed E-state index contributed by atoms with van der Waals surface area (Å²) >= 11 is 0. The molecule has 0 heterocycles. The van der Waals surface area contributed by atoms with Crippen LogP contribution in [0.2, 0.25) is 0 Å². The maximum absolute atomic E-state index is 9.74. The first-order valence-corrected chi connectivity index (χ1v) is 1.56. The van der Waals surface area contributed by atoms with Crippen LogP contribution in [0.15, 0.2) is 0 Å². The van der Waals surface area contributed by atoms with Gasteiger partial charge >= 0.3 is 122 Å². The molecule has 0 saturated carbocycles. The van der Waals surface area contributed by atoms with E-state index in [0.29, 0.717) is 0 Å². The fourth-order valence-corrected chi connectivity index (χ4v) is 0.106. The third-order valence-electron chi connectivity index (χ3n) is 0.289. The van der Waals surface area contributed by atoms with Crippen molar-refractivity contribution in [3.8, 4) is 0 Å². The van der Waals surface area contributed by atoms with Gasteiger partial charge in [0.1, 0.15) is 0 Å². The predicted molar refractivity (Wildman–Crippen MR) is 34.0 cm³/mol. The molecule has 0 aliphatic carbocycles. The van der Waals surface area contributed by atoms with Gasteiger partial charge in [0.2, 0.25) is 0 Å². The Morgan fingerprint density at radius 3 is 1.50 bits per heavy atom. The van der Waals surface area contributed by atoms with E-state index in [2.05, 4.69) is 9.47 Å². The van der Waals surface area contributed by atoms with Gasteiger partial charge < -0.3 is 9.47 Å². The Hall–Kier alpha value is 1.88. The minimum atomic E-state index is -1.32. The Morgan fingerprint density at radius 1 is 1.00 bits per heavy atom. The van der Waals surface area contributed by atoms with Crippen LogP contribution in [0.5, 0.6) is 0 Å². The first kappa shape index (κ1) is 17.8. The molecule has 0 N–H and O–H groups in total. The minimum absolute atomic E-state index is 0. The Labute approximate surface area is 142 Å². The van der Waals surface area contributed by atoms with Gasteiger partial charge in [-0.25, -0.2) is 4.79 Å². The predicted octanol–water partition coefficient (Wildman–Crippen LogP) is -1.84. The summed E-state index contributed by atoms with van der Waals surface area (Å²) in [4.78, 5) is 28.2. The molecule has 0 amide bonds. The molecular weight excluding hydrogens is 194 g/mol. The van der Waals surface area contributed by atoms with E-state index >= 15 is 0 Å². The van der Waals surface area contributed by atoms with Gasteiger partial charge in [0, 0.05) is 0 Å². The summed E-state index contributed by atoms with van der Waals surface area (Å²) in [7, 11) is 0. The SMILES string of the molecule is O=COC(=O)OC=O.[KH].[KH]. The van der Waals surface area contributed by atoms with Gasteiger partial charge in [0.25, 0.3) is 0 Å². The summed E-state index contributed by atoms with van der Waals surface area (Å²) in [6.07, 6.45) is -1.32. The molecule has 0 atom stereocenters. The summed E-state index contributed by atoms with van der Waals surface area (Å²) < 4.78 is 7.02. The van der Waals surface area contributed by atoms with Crippen LogP contribution in [-0.4, -0.2) is 122 Å². The topological polar surface area (TPSA) is 69.7 Å². The standard InChI is InChI=1S/C3H2O5.2K.2H/c4-1-7-3(6)8-2-5;;;;/h1-2H;;;;. The van der Waals surface area contributed by atoms with Gasteiger partial charge in [-0.05, 0) is 0 Å². The van der Waals surface area contributed by atoms with Crippen molar-refractivity contribution in [3.63, 3.8) is 0 Å². The van der Waals surface area contributed by atoms with E-state index in [-0.39, 0.29) is 116 Å². The van der Waals surface area contributed by atoms with Crippen molar-refractivity contribution in [2.24, 2.45) is 0 Å². The molecule has 0 aliphatic rings. The number of rotatable bonds is 2. The van der Waals surface area contributed by atoms with Crippen LogP contribution in [0.1, 0.15) is 0 Å². The van der Waals surface area contributed by atoms with Crippen molar-refractivity contribution < 1.29 is 23.9 Å². The average Bonchev–Trinajstić information content (AvgIpc) is 1.68. The van der Waals surface area contributed by atoms with Gasteiger partial charge in [-0.2, -0.15) is 0 Å². The molecule has 0 saturated heterocycles. The molecule has 0 unspecified atom stereocenters. The monoisotopic (exact) mass is 198 g/mol. The van der Waals surface area contributed by atoms with Crippen LogP contribution in [0.3, 0.4) is 0 Å². The molecule has 0 bridgehead atoms. The Balaban J connectivity index is -0.000000245. The van der Waals surface area contributed by atoms with Crippen LogP contribution in [-0.2, 0) is 19.1 Å². The second kappa shape index (κ2) is 13.5. The molecule has 48 valence electrons. The molecule has 0 radical (unpaired) electrons. The van der Waals surface area contributed by atoms with Gasteiger partial charge in [-0.15, -0.1) is 0 Å². The summed E-state index contributed by atoms with van der Waals surface area (Å²) in [5.74, 6) is 0. The van der Waals surface area contributed by atoms with Gasteiger partial charge in [0.15, 0.2) is 0 Å². The summed E-state index contributed by atoms with van der Waals surface area (Å²) in [6.45, 7) is -0.266. The van der Waals surface area contributed by atoms with Gasteiger partial charge in [-0.3, -0.25) is 9.59 Å². The van der Waals surface area contributed by atoms with Crippen molar-refractivity contribution in [2.75, 3.05) is 0 Å². The summed E-state index contributed by atoms with van der Waals surface area (Å²) in [5.41, 5.74) is 0. The van der Waals surface area contributed by atoms with Crippen LogP contribution in [0, 0.1) is 0 Å². The molecule has 0 rings (SSSR count). The fourth-order valence-electron chi connectivity index (χ4n) is 0.106. The zero-order valence-corrected chi connectivity index (χ0v) is 3.70. The first-order valence-electron chi connectivity index (χ1n) is 1.56. The normalized spacial score (nSPS) is 5.60. The number of carbonyl (C=O) groups is 3. The fraction of sp³-hybridized carbons (Fsp3) is 0. The van der Waals surface area contributed by atoms with Crippen LogP contribution in [0.25, 0.3) is 0 Å². The molecular formula is C3H4K2O5. The Morgan fingerprint density at radius 2 is 1.30 bits per heavy atom. The molecule has 0 aromatic rings. The first-order chi connectivity index (χ1) is 3.81. The number of hydrogen-bond donors (Lipinski definition) is 0. The average molecular weight is 198 g/mol. The quantitative estimate of drug-likeness (QED) is 0.225. The van der Waals surface area contributed by atoms with Crippen molar-refractivity contribution >= 4 is 122 Å². The number of carbonyl (C=O) groups excluding carboxylic acids is 3. The molecule has 7 heteroatoms. The molecule has 0 spiro atoms. The second-order valence-electron chi connectivity index (χ2n) is 0.678. The van der Waals surface area contributed by atoms with Crippen molar-refractivity contribution in [1.82, 2.24) is 0 Å². The van der Waals surface area contributed by atoms with E-state index in [9.17, 15) is 14.4 Å². The van der Waals surface area contributed by atoms with E-state index < -0.39 is 6.16 Å². The molecule has 0 aromatic carbocycles. The van der Waals surface area contributed by atoms with Crippen molar-refractivity contribution in [3.05, 3.63) is 0 Å². The van der Waals surface area contributed by atoms with E-state index in [4.69, 9.17) is 0 Å².